The molecule has 4 heterocycles. The minimum Gasteiger partial charge on any atom is -0.313 e. The minimum atomic E-state index is 0.858. The fourth-order valence-electron chi connectivity index (χ4n) is 7.88. The highest BCUT2D eigenvalue weighted by Crippen LogP contribution is 2.39. The van der Waals surface area contributed by atoms with Crippen LogP contribution in [0.4, 0.5) is 0 Å². The van der Waals surface area contributed by atoms with Crippen molar-refractivity contribution in [3.8, 4) is 50.6 Å². The molecular weight excluding hydrogens is 645 g/mol. The third-order valence-electron chi connectivity index (χ3n) is 10.5. The molecule has 9 aromatic rings. The van der Waals surface area contributed by atoms with Crippen LogP contribution in [0.15, 0.2) is 176 Å². The lowest BCUT2D eigenvalue weighted by Gasteiger charge is -2.18. The van der Waals surface area contributed by atoms with Gasteiger partial charge in [0.15, 0.2) is 0 Å². The van der Waals surface area contributed by atoms with Gasteiger partial charge in [0, 0.05) is 46.5 Å². The molecule has 0 bridgehead atoms. The van der Waals surface area contributed by atoms with Gasteiger partial charge in [0.1, 0.15) is 0 Å². The summed E-state index contributed by atoms with van der Waals surface area (Å²) in [7, 11) is 0. The van der Waals surface area contributed by atoms with Crippen LogP contribution in [0.2, 0.25) is 0 Å². The molecule has 4 heteroatoms. The normalized spacial score (nSPS) is 12.5. The van der Waals surface area contributed by atoms with E-state index in [0.29, 0.717) is 0 Å². The Labute approximate surface area is 308 Å². The maximum absolute atomic E-state index is 5.15. The molecule has 53 heavy (non-hydrogen) atoms. The second-order valence-electron chi connectivity index (χ2n) is 13.6. The van der Waals surface area contributed by atoms with Crippen molar-refractivity contribution in [2.24, 2.45) is 0 Å². The first-order chi connectivity index (χ1) is 26.3. The van der Waals surface area contributed by atoms with Gasteiger partial charge in [0.05, 0.1) is 22.6 Å². The highest BCUT2D eigenvalue weighted by molar-refractivity contribution is 5.99. The number of rotatable bonds is 6. The van der Waals surface area contributed by atoms with E-state index in [1.165, 1.54) is 60.9 Å². The molecular formula is C49H34N4. The monoisotopic (exact) mass is 678 g/mol. The van der Waals surface area contributed by atoms with Gasteiger partial charge in [-0.05, 0) is 106 Å². The number of fused-ring (bicyclic) bond motifs is 4. The van der Waals surface area contributed by atoms with Crippen LogP contribution in [0.3, 0.4) is 0 Å². The van der Waals surface area contributed by atoms with Crippen molar-refractivity contribution < 1.29 is 0 Å². The van der Waals surface area contributed by atoms with Crippen LogP contribution in [0.5, 0.6) is 0 Å². The summed E-state index contributed by atoms with van der Waals surface area (Å²) in [5.41, 5.74) is 16.0. The van der Waals surface area contributed by atoms with Gasteiger partial charge in [-0.3, -0.25) is 9.97 Å². The molecule has 0 N–H and O–H groups in total. The summed E-state index contributed by atoms with van der Waals surface area (Å²) in [4.78, 5) is 14.4. The van der Waals surface area contributed by atoms with Crippen molar-refractivity contribution in [2.45, 2.75) is 12.8 Å². The van der Waals surface area contributed by atoms with Gasteiger partial charge in [0.25, 0.3) is 0 Å². The van der Waals surface area contributed by atoms with Crippen molar-refractivity contribution in [2.75, 3.05) is 0 Å². The molecule has 1 aliphatic carbocycles. The molecule has 4 aromatic heterocycles. The van der Waals surface area contributed by atoms with Crippen LogP contribution in [0, 0.1) is 0 Å². The number of nitrogens with zero attached hydrogens (tertiary/aromatic N) is 4. The van der Waals surface area contributed by atoms with E-state index in [4.69, 9.17) is 4.98 Å². The molecule has 0 amide bonds. The lowest BCUT2D eigenvalue weighted by Crippen LogP contribution is -2.05. The lowest BCUT2D eigenvalue weighted by molar-refractivity contribution is 0.898. The summed E-state index contributed by atoms with van der Waals surface area (Å²) < 4.78 is 2.42. The molecule has 0 atom stereocenters. The first-order valence-corrected chi connectivity index (χ1v) is 18.1. The summed E-state index contributed by atoms with van der Waals surface area (Å²) in [5, 5.41) is 3.57. The van der Waals surface area contributed by atoms with Gasteiger partial charge in [0.2, 0.25) is 0 Å². The van der Waals surface area contributed by atoms with Gasteiger partial charge >= 0.3 is 0 Å². The molecule has 4 nitrogen and oxygen atoms in total. The van der Waals surface area contributed by atoms with Gasteiger partial charge in [-0.1, -0.05) is 115 Å². The van der Waals surface area contributed by atoms with E-state index in [1.807, 2.05) is 36.8 Å². The van der Waals surface area contributed by atoms with E-state index in [9.17, 15) is 0 Å². The molecule has 0 aliphatic heterocycles. The zero-order valence-electron chi connectivity index (χ0n) is 29.0. The van der Waals surface area contributed by atoms with E-state index in [-0.39, 0.29) is 0 Å². The predicted octanol–water partition coefficient (Wildman–Crippen LogP) is 12.1. The number of pyridine rings is 3. The van der Waals surface area contributed by atoms with Gasteiger partial charge in [-0.15, -0.1) is 0 Å². The quantitative estimate of drug-likeness (QED) is 0.176. The minimum absolute atomic E-state index is 0.858. The van der Waals surface area contributed by atoms with Crippen molar-refractivity contribution in [1.29, 1.82) is 0 Å². The second kappa shape index (κ2) is 13.0. The molecule has 10 rings (SSSR count). The SMILES string of the molecule is C1=C(c2ccc(-c3cc(-c4ccccn4)nc(-c4cccc5ccccc45)c3)cc2)CCc2c1c1cnccc1n2-c1ccc(-c2ccccc2)cc1. The topological polar surface area (TPSA) is 43.6 Å². The summed E-state index contributed by atoms with van der Waals surface area (Å²) in [6.45, 7) is 0. The smallest absolute Gasteiger partial charge is 0.0899 e. The average molecular weight is 679 g/mol. The number of hydrogen-bond acceptors (Lipinski definition) is 3. The zero-order valence-corrected chi connectivity index (χ0v) is 29.0. The van der Waals surface area contributed by atoms with Crippen molar-refractivity contribution in [3.05, 3.63) is 193 Å². The average Bonchev–Trinajstić information content (AvgIpc) is 3.58. The summed E-state index contributed by atoms with van der Waals surface area (Å²) >= 11 is 0. The zero-order chi connectivity index (χ0) is 35.1. The largest absolute Gasteiger partial charge is 0.313 e. The maximum atomic E-state index is 5.15. The van der Waals surface area contributed by atoms with E-state index >= 15 is 0 Å². The Morgan fingerprint density at radius 1 is 0.491 bits per heavy atom. The Hall–Kier alpha value is -6.91. The summed E-state index contributed by atoms with van der Waals surface area (Å²) in [5.74, 6) is 0. The molecule has 250 valence electrons. The Balaban J connectivity index is 1.02. The number of allylic oxidation sites excluding steroid dienone is 1. The molecule has 1 aliphatic rings. The van der Waals surface area contributed by atoms with Crippen LogP contribution in [-0.4, -0.2) is 19.5 Å². The number of hydrogen-bond donors (Lipinski definition) is 0. The standard InChI is InChI=1S/C49H34N4/c1-2-9-33(10-3-1)34-20-23-40(24-21-34)53-48-25-22-38(29-43(48)44-32-50-28-26-49(44)53)35-16-18-36(19-17-35)39-30-46(52-47(31-39)45-15-6-7-27-51-45)42-14-8-12-37-11-4-5-13-41(37)42/h1-21,23-24,26-32H,22,25H2. The molecule has 5 aromatic carbocycles. The van der Waals surface area contributed by atoms with Crippen LogP contribution >= 0.6 is 0 Å². The molecule has 0 spiro atoms. The first-order valence-electron chi connectivity index (χ1n) is 18.1. The number of aromatic nitrogens is 4. The number of benzene rings is 5. The Kier molecular flexibility index (Phi) is 7.58. The van der Waals surface area contributed by atoms with E-state index in [2.05, 4.69) is 160 Å². The molecule has 0 saturated heterocycles. The summed E-state index contributed by atoms with van der Waals surface area (Å²) in [6.07, 6.45) is 10.0. The van der Waals surface area contributed by atoms with Crippen molar-refractivity contribution in [3.63, 3.8) is 0 Å². The fraction of sp³-hybridized carbons (Fsp3) is 0.0408. The Morgan fingerprint density at radius 2 is 1.21 bits per heavy atom. The molecule has 0 saturated carbocycles. The van der Waals surface area contributed by atoms with Crippen molar-refractivity contribution >= 4 is 33.3 Å². The van der Waals surface area contributed by atoms with Crippen molar-refractivity contribution in [1.82, 2.24) is 19.5 Å². The second-order valence-corrected chi connectivity index (χ2v) is 13.6. The fourth-order valence-corrected chi connectivity index (χ4v) is 7.88. The summed E-state index contributed by atoms with van der Waals surface area (Å²) in [6, 6.07) is 55.9. The highest BCUT2D eigenvalue weighted by Gasteiger charge is 2.22. The Bertz CT molecular complexity index is 2790. The molecule has 0 radical (unpaired) electrons. The predicted molar refractivity (Wildman–Crippen MR) is 219 cm³/mol. The van der Waals surface area contributed by atoms with E-state index in [0.717, 1.165) is 46.6 Å². The van der Waals surface area contributed by atoms with Crippen LogP contribution in [-0.2, 0) is 6.42 Å². The molecule has 0 unspecified atom stereocenters. The first kappa shape index (κ1) is 30.9. The van der Waals surface area contributed by atoms with Gasteiger partial charge in [-0.2, -0.15) is 0 Å². The van der Waals surface area contributed by atoms with E-state index in [1.54, 1.807) is 0 Å². The lowest BCUT2D eigenvalue weighted by atomic mass is 9.90. The van der Waals surface area contributed by atoms with Crippen LogP contribution in [0.25, 0.3) is 83.9 Å². The maximum Gasteiger partial charge on any atom is 0.0899 e. The van der Waals surface area contributed by atoms with Crippen LogP contribution in [0.1, 0.15) is 23.2 Å². The third kappa shape index (κ3) is 5.62. The Morgan fingerprint density at radius 3 is 2.06 bits per heavy atom. The van der Waals surface area contributed by atoms with Crippen LogP contribution < -0.4 is 0 Å². The molecule has 0 fully saturated rings. The van der Waals surface area contributed by atoms with E-state index < -0.39 is 0 Å². The third-order valence-corrected chi connectivity index (χ3v) is 10.5. The van der Waals surface area contributed by atoms with Gasteiger partial charge < -0.3 is 4.57 Å². The highest BCUT2D eigenvalue weighted by atomic mass is 15.0. The van der Waals surface area contributed by atoms with Gasteiger partial charge in [-0.25, -0.2) is 4.98 Å².